The van der Waals surface area contributed by atoms with Crippen LogP contribution in [-0.4, -0.2) is 41.8 Å². The zero-order chi connectivity index (χ0) is 18.5. The number of nitrogens with zero attached hydrogens (tertiary/aromatic N) is 3. The average Bonchev–Trinajstić information content (AvgIpc) is 2.63. The average molecular weight is 367 g/mol. The summed E-state index contributed by atoms with van der Waals surface area (Å²) in [4.78, 5) is 13.5. The molecule has 0 aromatic heterocycles. The fourth-order valence-corrected chi connectivity index (χ4v) is 3.89. The minimum absolute atomic E-state index is 0.604. The third-order valence-corrected chi connectivity index (χ3v) is 5.28. The molecule has 1 heterocycles. The van der Waals surface area contributed by atoms with Gasteiger partial charge in [-0.3, -0.25) is 4.79 Å². The van der Waals surface area contributed by atoms with Gasteiger partial charge in [-0.05, 0) is 67.3 Å². The van der Waals surface area contributed by atoms with Crippen molar-refractivity contribution >= 4 is 18.4 Å². The van der Waals surface area contributed by atoms with Crippen LogP contribution < -0.4 is 4.74 Å². The van der Waals surface area contributed by atoms with Crippen LogP contribution in [0.2, 0.25) is 0 Å². The first-order chi connectivity index (χ1) is 12.6. The molecule has 134 valence electrons. The Morgan fingerprint density at radius 2 is 1.77 bits per heavy atom. The molecule has 3 rings (SSSR count). The SMILES string of the molecule is Cc1cc(C)cc(Oc2ccc(C#N)cc2SN2CCN(C=O)CC2)c1. The molecule has 0 bridgehead atoms. The second-order valence-corrected chi connectivity index (χ2v) is 7.50. The van der Waals surface area contributed by atoms with Crippen molar-refractivity contribution in [3.8, 4) is 17.6 Å². The van der Waals surface area contributed by atoms with E-state index >= 15 is 0 Å². The van der Waals surface area contributed by atoms with E-state index in [0.717, 1.165) is 47.0 Å². The lowest BCUT2D eigenvalue weighted by atomic mass is 10.1. The molecular weight excluding hydrogens is 346 g/mol. The summed E-state index contributed by atoms with van der Waals surface area (Å²) in [6.45, 7) is 7.07. The van der Waals surface area contributed by atoms with E-state index in [2.05, 4.69) is 16.4 Å². The zero-order valence-electron chi connectivity index (χ0n) is 14.9. The maximum absolute atomic E-state index is 10.9. The summed E-state index contributed by atoms with van der Waals surface area (Å²) >= 11 is 1.58. The third-order valence-electron chi connectivity index (χ3n) is 4.15. The lowest BCUT2D eigenvalue weighted by molar-refractivity contribution is -0.119. The standard InChI is InChI=1S/C20H21N3O2S/c1-15-9-16(2)11-18(10-15)25-19-4-3-17(13-21)12-20(19)26-23-7-5-22(14-24)6-8-23/h3-4,9-12,14H,5-8H2,1-2H3. The quantitative estimate of drug-likeness (QED) is 0.595. The van der Waals surface area contributed by atoms with E-state index in [0.29, 0.717) is 18.7 Å². The summed E-state index contributed by atoms with van der Waals surface area (Å²) < 4.78 is 8.33. The van der Waals surface area contributed by atoms with E-state index < -0.39 is 0 Å². The van der Waals surface area contributed by atoms with Crippen LogP contribution in [0.3, 0.4) is 0 Å². The largest absolute Gasteiger partial charge is 0.456 e. The van der Waals surface area contributed by atoms with Crippen LogP contribution in [0.15, 0.2) is 41.3 Å². The van der Waals surface area contributed by atoms with E-state index in [1.807, 2.05) is 38.1 Å². The smallest absolute Gasteiger partial charge is 0.209 e. The van der Waals surface area contributed by atoms with Crippen molar-refractivity contribution in [1.29, 1.82) is 5.26 Å². The Labute approximate surface area is 158 Å². The molecule has 2 aromatic carbocycles. The van der Waals surface area contributed by atoms with Crippen LogP contribution in [0.4, 0.5) is 0 Å². The first-order valence-electron chi connectivity index (χ1n) is 8.50. The van der Waals surface area contributed by atoms with Crippen molar-refractivity contribution in [2.75, 3.05) is 26.2 Å². The van der Waals surface area contributed by atoms with Gasteiger partial charge in [0.05, 0.1) is 16.5 Å². The van der Waals surface area contributed by atoms with Gasteiger partial charge in [-0.15, -0.1) is 0 Å². The molecule has 1 fully saturated rings. The predicted molar refractivity (Wildman–Crippen MR) is 102 cm³/mol. The molecule has 0 spiro atoms. The molecule has 0 aliphatic carbocycles. The van der Waals surface area contributed by atoms with Crippen LogP contribution in [-0.2, 0) is 4.79 Å². The van der Waals surface area contributed by atoms with Crippen molar-refractivity contribution in [3.05, 3.63) is 53.1 Å². The highest BCUT2D eigenvalue weighted by Gasteiger charge is 2.18. The number of nitriles is 1. The van der Waals surface area contributed by atoms with Gasteiger partial charge >= 0.3 is 0 Å². The van der Waals surface area contributed by atoms with E-state index in [1.165, 1.54) is 0 Å². The lowest BCUT2D eigenvalue weighted by Crippen LogP contribution is -2.42. The summed E-state index contributed by atoms with van der Waals surface area (Å²) in [6, 6.07) is 13.8. The molecule has 1 amide bonds. The summed E-state index contributed by atoms with van der Waals surface area (Å²) in [6.07, 6.45) is 0.896. The predicted octanol–water partition coefficient (Wildman–Crippen LogP) is 3.75. The van der Waals surface area contributed by atoms with Crippen LogP contribution >= 0.6 is 11.9 Å². The van der Waals surface area contributed by atoms with Crippen LogP contribution in [0.1, 0.15) is 16.7 Å². The normalized spacial score (nSPS) is 14.7. The van der Waals surface area contributed by atoms with Crippen molar-refractivity contribution in [2.24, 2.45) is 0 Å². The summed E-state index contributed by atoms with van der Waals surface area (Å²) in [5, 5.41) is 9.23. The summed E-state index contributed by atoms with van der Waals surface area (Å²) in [7, 11) is 0. The van der Waals surface area contributed by atoms with Gasteiger partial charge in [0, 0.05) is 26.2 Å². The van der Waals surface area contributed by atoms with Crippen LogP contribution in [0.5, 0.6) is 11.5 Å². The van der Waals surface area contributed by atoms with Gasteiger partial charge in [0.2, 0.25) is 6.41 Å². The number of ether oxygens (including phenoxy) is 1. The second-order valence-electron chi connectivity index (χ2n) is 6.36. The molecule has 6 heteroatoms. The zero-order valence-corrected chi connectivity index (χ0v) is 15.8. The molecule has 0 unspecified atom stereocenters. The van der Waals surface area contributed by atoms with Gasteiger partial charge in [-0.1, -0.05) is 6.07 Å². The van der Waals surface area contributed by atoms with Crippen LogP contribution in [0.25, 0.3) is 0 Å². The lowest BCUT2D eigenvalue weighted by Gasteiger charge is -2.31. The maximum atomic E-state index is 10.9. The van der Waals surface area contributed by atoms with Crippen molar-refractivity contribution < 1.29 is 9.53 Å². The number of hydrogen-bond donors (Lipinski definition) is 0. The van der Waals surface area contributed by atoms with Gasteiger partial charge in [0.1, 0.15) is 11.5 Å². The number of amides is 1. The Balaban J connectivity index is 1.81. The maximum Gasteiger partial charge on any atom is 0.209 e. The summed E-state index contributed by atoms with van der Waals surface area (Å²) in [5.41, 5.74) is 2.90. The molecule has 0 N–H and O–H groups in total. The van der Waals surface area contributed by atoms with Crippen molar-refractivity contribution in [1.82, 2.24) is 9.21 Å². The Bertz CT molecular complexity index is 819. The summed E-state index contributed by atoms with van der Waals surface area (Å²) in [5.74, 6) is 1.52. The first kappa shape index (κ1) is 18.3. The van der Waals surface area contributed by atoms with Gasteiger partial charge in [0.15, 0.2) is 0 Å². The molecule has 1 aliphatic heterocycles. The molecule has 0 atom stereocenters. The van der Waals surface area contributed by atoms with Crippen molar-refractivity contribution in [2.45, 2.75) is 18.7 Å². The Morgan fingerprint density at radius 1 is 1.08 bits per heavy atom. The molecule has 0 radical (unpaired) electrons. The molecule has 1 saturated heterocycles. The Kier molecular flexibility index (Phi) is 5.82. The fraction of sp³-hybridized carbons (Fsp3) is 0.300. The molecule has 2 aromatic rings. The minimum Gasteiger partial charge on any atom is -0.456 e. The number of piperazine rings is 1. The van der Waals surface area contributed by atoms with E-state index in [4.69, 9.17) is 4.74 Å². The molecular formula is C20H21N3O2S. The third kappa shape index (κ3) is 4.57. The van der Waals surface area contributed by atoms with Gasteiger partial charge in [0.25, 0.3) is 0 Å². The number of aryl methyl sites for hydroxylation is 2. The highest BCUT2D eigenvalue weighted by molar-refractivity contribution is 7.97. The Morgan fingerprint density at radius 3 is 2.38 bits per heavy atom. The fourth-order valence-electron chi connectivity index (χ4n) is 2.89. The molecule has 26 heavy (non-hydrogen) atoms. The highest BCUT2D eigenvalue weighted by atomic mass is 32.2. The molecule has 1 aliphatic rings. The monoisotopic (exact) mass is 367 g/mol. The van der Waals surface area contributed by atoms with E-state index in [-0.39, 0.29) is 0 Å². The number of rotatable bonds is 5. The number of carbonyl (C=O) groups excluding carboxylic acids is 1. The van der Waals surface area contributed by atoms with Gasteiger partial charge in [-0.2, -0.15) is 5.26 Å². The topological polar surface area (TPSA) is 56.6 Å². The minimum atomic E-state index is 0.604. The van der Waals surface area contributed by atoms with Gasteiger partial charge < -0.3 is 9.64 Å². The Hall–Kier alpha value is -2.49. The second kappa shape index (κ2) is 8.26. The van der Waals surface area contributed by atoms with Crippen molar-refractivity contribution in [3.63, 3.8) is 0 Å². The molecule has 5 nitrogen and oxygen atoms in total. The molecule has 0 saturated carbocycles. The highest BCUT2D eigenvalue weighted by Crippen LogP contribution is 2.36. The van der Waals surface area contributed by atoms with Crippen LogP contribution in [0, 0.1) is 25.2 Å². The number of carbonyl (C=O) groups is 1. The van der Waals surface area contributed by atoms with E-state index in [9.17, 15) is 10.1 Å². The number of hydrogen-bond acceptors (Lipinski definition) is 5. The first-order valence-corrected chi connectivity index (χ1v) is 9.27. The van der Waals surface area contributed by atoms with E-state index in [1.54, 1.807) is 22.9 Å². The number of benzene rings is 2. The van der Waals surface area contributed by atoms with Gasteiger partial charge in [-0.25, -0.2) is 4.31 Å².